The zero-order valence-electron chi connectivity index (χ0n) is 18.0. The van der Waals surface area contributed by atoms with Gasteiger partial charge in [0.05, 0.1) is 20.8 Å². The van der Waals surface area contributed by atoms with Gasteiger partial charge in [-0.1, -0.05) is 0 Å². The second-order valence-electron chi connectivity index (χ2n) is 7.35. The predicted octanol–water partition coefficient (Wildman–Crippen LogP) is 3.50. The highest BCUT2D eigenvalue weighted by Crippen LogP contribution is 2.25. The van der Waals surface area contributed by atoms with E-state index in [2.05, 4.69) is 36.3 Å². The molecule has 1 aliphatic rings. The molecule has 1 unspecified atom stereocenters. The van der Waals surface area contributed by atoms with Gasteiger partial charge < -0.3 is 25.0 Å². The minimum Gasteiger partial charge on any atom is -0.497 e. The van der Waals surface area contributed by atoms with E-state index in [1.807, 2.05) is 18.2 Å². The topological polar surface area (TPSA) is 58.1 Å². The molecule has 1 atom stereocenters. The third-order valence-corrected chi connectivity index (χ3v) is 5.08. The van der Waals surface area contributed by atoms with Crippen LogP contribution in [0.3, 0.4) is 0 Å². The third-order valence-electron chi connectivity index (χ3n) is 5.08. The molecule has 0 amide bonds. The number of piperidine rings is 1. The van der Waals surface area contributed by atoms with Crippen molar-refractivity contribution >= 4 is 29.9 Å². The Labute approximate surface area is 187 Å². The van der Waals surface area contributed by atoms with E-state index in [1.54, 1.807) is 14.2 Å². The molecule has 7 heteroatoms. The van der Waals surface area contributed by atoms with Crippen molar-refractivity contribution in [1.82, 2.24) is 15.5 Å². The molecule has 1 aliphatic heterocycles. The quantitative estimate of drug-likeness (QED) is 0.323. The lowest BCUT2D eigenvalue weighted by Gasteiger charge is -2.35. The number of rotatable bonds is 8. The van der Waals surface area contributed by atoms with Gasteiger partial charge in [-0.2, -0.15) is 0 Å². The third kappa shape index (κ3) is 7.66. The van der Waals surface area contributed by atoms with Crippen molar-refractivity contribution in [2.24, 2.45) is 10.9 Å². The first-order chi connectivity index (χ1) is 13.1. The highest BCUT2D eigenvalue weighted by Gasteiger charge is 2.21. The van der Waals surface area contributed by atoms with E-state index in [1.165, 1.54) is 19.4 Å². The summed E-state index contributed by atoms with van der Waals surface area (Å²) in [4.78, 5) is 7.32. The van der Waals surface area contributed by atoms with Crippen LogP contribution in [-0.2, 0) is 6.54 Å². The summed E-state index contributed by atoms with van der Waals surface area (Å²) in [5.74, 6) is 3.11. The number of likely N-dealkylation sites (tertiary alicyclic amines) is 1. The summed E-state index contributed by atoms with van der Waals surface area (Å²) in [5, 5.41) is 6.87. The van der Waals surface area contributed by atoms with Crippen molar-refractivity contribution in [2.45, 2.75) is 46.2 Å². The van der Waals surface area contributed by atoms with Crippen molar-refractivity contribution in [3.05, 3.63) is 23.8 Å². The molecule has 28 heavy (non-hydrogen) atoms. The molecule has 0 aromatic heterocycles. The Bertz CT molecular complexity index is 610. The highest BCUT2D eigenvalue weighted by molar-refractivity contribution is 14.0. The van der Waals surface area contributed by atoms with Gasteiger partial charge in [0.2, 0.25) is 0 Å². The van der Waals surface area contributed by atoms with Crippen molar-refractivity contribution in [3.63, 3.8) is 0 Å². The Morgan fingerprint density at radius 3 is 2.68 bits per heavy atom. The first-order valence-electron chi connectivity index (χ1n) is 10.0. The molecule has 2 rings (SSSR count). The monoisotopic (exact) mass is 504 g/mol. The summed E-state index contributed by atoms with van der Waals surface area (Å²) in [6, 6.07) is 6.47. The molecule has 1 fully saturated rings. The number of nitrogens with one attached hydrogen (secondary N) is 2. The second-order valence-corrected chi connectivity index (χ2v) is 7.35. The van der Waals surface area contributed by atoms with Crippen LogP contribution in [0.1, 0.15) is 39.2 Å². The van der Waals surface area contributed by atoms with Gasteiger partial charge in [-0.05, 0) is 58.2 Å². The van der Waals surface area contributed by atoms with Gasteiger partial charge in [0.1, 0.15) is 11.5 Å². The fraction of sp³-hybridized carbons (Fsp3) is 0.667. The lowest BCUT2D eigenvalue weighted by molar-refractivity contribution is 0.141. The Morgan fingerprint density at radius 2 is 2.04 bits per heavy atom. The Kier molecular flexibility index (Phi) is 11.6. The van der Waals surface area contributed by atoms with Gasteiger partial charge >= 0.3 is 0 Å². The van der Waals surface area contributed by atoms with Crippen LogP contribution >= 0.6 is 24.0 Å². The minimum absolute atomic E-state index is 0. The molecule has 1 saturated heterocycles. The van der Waals surface area contributed by atoms with Crippen LogP contribution in [0.2, 0.25) is 0 Å². The van der Waals surface area contributed by atoms with Crippen LogP contribution in [0.5, 0.6) is 11.5 Å². The molecule has 0 saturated carbocycles. The van der Waals surface area contributed by atoms with Crippen LogP contribution in [-0.4, -0.2) is 57.3 Å². The maximum Gasteiger partial charge on any atom is 0.191 e. The van der Waals surface area contributed by atoms with Crippen LogP contribution in [0.4, 0.5) is 0 Å². The van der Waals surface area contributed by atoms with Crippen LogP contribution in [0.25, 0.3) is 0 Å². The molecule has 2 N–H and O–H groups in total. The van der Waals surface area contributed by atoms with Crippen molar-refractivity contribution < 1.29 is 9.47 Å². The smallest absolute Gasteiger partial charge is 0.191 e. The number of hydrogen-bond donors (Lipinski definition) is 2. The fourth-order valence-corrected chi connectivity index (χ4v) is 3.46. The summed E-state index contributed by atoms with van der Waals surface area (Å²) >= 11 is 0. The van der Waals surface area contributed by atoms with Crippen LogP contribution < -0.4 is 20.1 Å². The first kappa shape index (κ1) is 24.8. The number of aliphatic imine (C=N–C) groups is 1. The largest absolute Gasteiger partial charge is 0.497 e. The van der Waals surface area contributed by atoms with Gasteiger partial charge in [-0.25, -0.2) is 4.99 Å². The molecule has 0 bridgehead atoms. The summed E-state index contributed by atoms with van der Waals surface area (Å²) < 4.78 is 10.7. The number of benzene rings is 1. The summed E-state index contributed by atoms with van der Waals surface area (Å²) in [6.07, 6.45) is 2.56. The molecule has 0 radical (unpaired) electrons. The number of halogens is 1. The standard InChI is InChI=1S/C21H36N4O2.HI/c1-6-22-21(23-13-17-8-7-11-25(15-17)16(2)3)24-14-18-9-10-19(26-4)12-20(18)27-5;/h9-10,12,16-17H,6-8,11,13-15H2,1-5H3,(H2,22,23,24);1H. The van der Waals surface area contributed by atoms with E-state index in [0.717, 1.165) is 42.7 Å². The highest BCUT2D eigenvalue weighted by atomic mass is 127. The number of ether oxygens (including phenoxy) is 2. The number of methoxy groups -OCH3 is 2. The van der Waals surface area contributed by atoms with E-state index in [-0.39, 0.29) is 24.0 Å². The van der Waals surface area contributed by atoms with E-state index in [0.29, 0.717) is 18.5 Å². The van der Waals surface area contributed by atoms with Crippen molar-refractivity contribution in [2.75, 3.05) is 40.4 Å². The Morgan fingerprint density at radius 1 is 1.25 bits per heavy atom. The molecule has 1 aromatic carbocycles. The van der Waals surface area contributed by atoms with E-state index in [4.69, 9.17) is 14.5 Å². The molecule has 160 valence electrons. The number of guanidine groups is 1. The zero-order valence-corrected chi connectivity index (χ0v) is 20.3. The molecular formula is C21H37IN4O2. The molecular weight excluding hydrogens is 467 g/mol. The predicted molar refractivity (Wildman–Crippen MR) is 127 cm³/mol. The average molecular weight is 504 g/mol. The van der Waals surface area contributed by atoms with Crippen molar-refractivity contribution in [3.8, 4) is 11.5 Å². The van der Waals surface area contributed by atoms with Gasteiger partial charge in [-0.15, -0.1) is 24.0 Å². The van der Waals surface area contributed by atoms with Gasteiger partial charge in [-0.3, -0.25) is 0 Å². The van der Waals surface area contributed by atoms with Crippen LogP contribution in [0.15, 0.2) is 23.2 Å². The van der Waals surface area contributed by atoms with Crippen LogP contribution in [0, 0.1) is 5.92 Å². The second kappa shape index (κ2) is 13.1. The number of nitrogens with zero attached hydrogens (tertiary/aromatic N) is 2. The Hall–Kier alpha value is -1.22. The van der Waals surface area contributed by atoms with E-state index in [9.17, 15) is 0 Å². The lowest BCUT2D eigenvalue weighted by atomic mass is 9.97. The molecule has 0 aliphatic carbocycles. The maximum atomic E-state index is 5.47. The van der Waals surface area contributed by atoms with Gasteiger partial charge in [0.25, 0.3) is 0 Å². The SMILES string of the molecule is CCNC(=NCc1ccc(OC)cc1OC)NCC1CCCN(C(C)C)C1.I. The molecule has 1 aromatic rings. The van der Waals surface area contributed by atoms with Gasteiger partial charge in [0, 0.05) is 37.3 Å². The maximum absolute atomic E-state index is 5.47. The fourth-order valence-electron chi connectivity index (χ4n) is 3.46. The van der Waals surface area contributed by atoms with Gasteiger partial charge in [0.15, 0.2) is 5.96 Å². The molecule has 6 nitrogen and oxygen atoms in total. The number of hydrogen-bond acceptors (Lipinski definition) is 4. The normalized spacial score (nSPS) is 17.8. The first-order valence-corrected chi connectivity index (χ1v) is 10.0. The minimum atomic E-state index is 0. The molecule has 0 spiro atoms. The zero-order chi connectivity index (χ0) is 19.6. The van der Waals surface area contributed by atoms with E-state index < -0.39 is 0 Å². The summed E-state index contributed by atoms with van der Waals surface area (Å²) in [7, 11) is 3.33. The van der Waals surface area contributed by atoms with Crippen molar-refractivity contribution in [1.29, 1.82) is 0 Å². The lowest BCUT2D eigenvalue weighted by Crippen LogP contribution is -2.46. The summed E-state index contributed by atoms with van der Waals surface area (Å²) in [5.41, 5.74) is 1.04. The summed E-state index contributed by atoms with van der Waals surface area (Å²) in [6.45, 7) is 11.4. The van der Waals surface area contributed by atoms with E-state index >= 15 is 0 Å². The average Bonchev–Trinajstić information content (AvgIpc) is 2.70. The Balaban J connectivity index is 0.00000392. The molecule has 1 heterocycles.